The summed E-state index contributed by atoms with van der Waals surface area (Å²) in [6, 6.07) is 4.04. The lowest BCUT2D eigenvalue weighted by molar-refractivity contribution is -0.0829. The Hall–Kier alpha value is -1.26. The van der Waals surface area contributed by atoms with E-state index in [4.69, 9.17) is 23.9 Å². The van der Waals surface area contributed by atoms with Gasteiger partial charge in [0.25, 0.3) is 0 Å². The summed E-state index contributed by atoms with van der Waals surface area (Å²) in [5.74, 6) is 2.34. The molecule has 0 atom stereocenters. The predicted octanol–water partition coefficient (Wildman–Crippen LogP) is 3.22. The number of aryl methyl sites for hydroxylation is 1. The van der Waals surface area contributed by atoms with Crippen molar-refractivity contribution in [3.8, 4) is 11.5 Å². The Balaban J connectivity index is 0.00000420. The highest BCUT2D eigenvalue weighted by molar-refractivity contribution is 14.0. The Labute approximate surface area is 192 Å². The van der Waals surface area contributed by atoms with Crippen LogP contribution in [0.1, 0.15) is 30.9 Å². The van der Waals surface area contributed by atoms with Gasteiger partial charge in [0.2, 0.25) is 0 Å². The van der Waals surface area contributed by atoms with Crippen molar-refractivity contribution in [3.05, 3.63) is 23.3 Å². The largest absolute Gasteiger partial charge is 0.493 e. The van der Waals surface area contributed by atoms with E-state index >= 15 is 0 Å². The van der Waals surface area contributed by atoms with Gasteiger partial charge in [-0.25, -0.2) is 0 Å². The summed E-state index contributed by atoms with van der Waals surface area (Å²) in [6.07, 6.45) is 1.73. The zero-order chi connectivity index (χ0) is 20.6. The normalized spacial score (nSPS) is 16.0. The van der Waals surface area contributed by atoms with Crippen molar-refractivity contribution in [2.45, 2.75) is 38.8 Å². The fourth-order valence-corrected chi connectivity index (χ4v) is 3.38. The highest BCUT2D eigenvalue weighted by Crippen LogP contribution is 2.31. The number of halogens is 1. The van der Waals surface area contributed by atoms with Crippen molar-refractivity contribution in [1.29, 1.82) is 0 Å². The van der Waals surface area contributed by atoms with Gasteiger partial charge >= 0.3 is 0 Å². The van der Waals surface area contributed by atoms with Crippen LogP contribution in [0, 0.1) is 6.92 Å². The summed E-state index contributed by atoms with van der Waals surface area (Å²) < 4.78 is 22.2. The molecule has 1 N–H and O–H groups in total. The average Bonchev–Trinajstić information content (AvgIpc) is 2.72. The summed E-state index contributed by atoms with van der Waals surface area (Å²) in [5.41, 5.74) is 2.08. The number of guanidine groups is 1. The minimum atomic E-state index is -0.237. The van der Waals surface area contributed by atoms with Crippen LogP contribution in [0.5, 0.6) is 11.5 Å². The maximum absolute atomic E-state index is 5.82. The molecule has 1 heterocycles. The number of hydrogen-bond acceptors (Lipinski definition) is 5. The van der Waals surface area contributed by atoms with Crippen molar-refractivity contribution in [1.82, 2.24) is 10.2 Å². The monoisotopic (exact) mass is 521 g/mol. The van der Waals surface area contributed by atoms with Crippen molar-refractivity contribution in [2.75, 3.05) is 54.7 Å². The van der Waals surface area contributed by atoms with Gasteiger partial charge in [0.05, 0.1) is 26.4 Å². The van der Waals surface area contributed by atoms with Crippen molar-refractivity contribution >= 4 is 29.9 Å². The molecule has 7 nitrogen and oxygen atoms in total. The highest BCUT2D eigenvalue weighted by Gasteiger charge is 2.32. The Morgan fingerprint density at radius 1 is 1.17 bits per heavy atom. The second-order valence-corrected chi connectivity index (χ2v) is 7.16. The Kier molecular flexibility index (Phi) is 11.1. The fourth-order valence-electron chi connectivity index (χ4n) is 3.38. The van der Waals surface area contributed by atoms with Crippen LogP contribution in [-0.4, -0.2) is 71.1 Å². The summed E-state index contributed by atoms with van der Waals surface area (Å²) in [4.78, 5) is 7.00. The minimum absolute atomic E-state index is 0. The summed E-state index contributed by atoms with van der Waals surface area (Å²) >= 11 is 0. The molecule has 1 aromatic rings. The van der Waals surface area contributed by atoms with Crippen LogP contribution in [0.4, 0.5) is 0 Å². The van der Waals surface area contributed by atoms with Gasteiger partial charge in [-0.15, -0.1) is 24.0 Å². The molecule has 1 aliphatic heterocycles. The van der Waals surface area contributed by atoms with Crippen LogP contribution in [0.3, 0.4) is 0 Å². The lowest BCUT2D eigenvalue weighted by Gasteiger charge is -2.35. The average molecular weight is 521 g/mol. The standard InChI is InChI=1S/C21H35N3O4.HI/c1-7-22-20(23-15-21(27-6)8-10-28-11-9-21)24(3)14-17-13-19(26-5)18(25-4)12-16(17)2;/h12-13H,7-11,14-15H2,1-6H3,(H,22,23);1H. The number of methoxy groups -OCH3 is 3. The minimum Gasteiger partial charge on any atom is -0.493 e. The van der Waals surface area contributed by atoms with E-state index in [9.17, 15) is 0 Å². The molecule has 0 amide bonds. The third-order valence-corrected chi connectivity index (χ3v) is 5.30. The lowest BCUT2D eigenvalue weighted by Crippen LogP contribution is -2.44. The summed E-state index contributed by atoms with van der Waals surface area (Å²) in [5, 5.41) is 3.39. The molecule has 1 saturated heterocycles. The first-order valence-electron chi connectivity index (χ1n) is 9.82. The molecule has 1 aliphatic rings. The number of nitrogens with zero attached hydrogens (tertiary/aromatic N) is 2. The van der Waals surface area contributed by atoms with Crippen LogP contribution in [0.15, 0.2) is 17.1 Å². The first-order valence-corrected chi connectivity index (χ1v) is 9.82. The van der Waals surface area contributed by atoms with E-state index in [0.29, 0.717) is 13.1 Å². The third kappa shape index (κ3) is 6.89. The molecule has 1 aromatic carbocycles. The number of hydrogen-bond donors (Lipinski definition) is 1. The van der Waals surface area contributed by atoms with Gasteiger partial charge in [-0.3, -0.25) is 4.99 Å². The molecule has 0 aliphatic carbocycles. The van der Waals surface area contributed by atoms with E-state index in [1.807, 2.05) is 19.2 Å². The Morgan fingerprint density at radius 3 is 2.34 bits per heavy atom. The molecular formula is C21H36IN3O4. The molecule has 0 bridgehead atoms. The molecular weight excluding hydrogens is 485 g/mol. The van der Waals surface area contributed by atoms with Crippen molar-refractivity contribution < 1.29 is 18.9 Å². The van der Waals surface area contributed by atoms with Gasteiger partial charge in [-0.1, -0.05) is 0 Å². The number of benzene rings is 1. The quantitative estimate of drug-likeness (QED) is 0.322. The number of nitrogens with one attached hydrogen (secondary N) is 1. The lowest BCUT2D eigenvalue weighted by atomic mass is 9.94. The second-order valence-electron chi connectivity index (χ2n) is 7.16. The van der Waals surface area contributed by atoms with Crippen LogP contribution in [0.2, 0.25) is 0 Å². The number of aliphatic imine (C=N–C) groups is 1. The van der Waals surface area contributed by atoms with Crippen molar-refractivity contribution in [2.24, 2.45) is 4.99 Å². The summed E-state index contributed by atoms with van der Waals surface area (Å²) in [7, 11) is 7.12. The fraction of sp³-hybridized carbons (Fsp3) is 0.667. The molecule has 1 fully saturated rings. The van der Waals surface area contributed by atoms with Gasteiger partial charge in [0.1, 0.15) is 0 Å². The molecule has 0 radical (unpaired) electrons. The van der Waals surface area contributed by atoms with Gasteiger partial charge in [0.15, 0.2) is 17.5 Å². The van der Waals surface area contributed by atoms with Crippen LogP contribution >= 0.6 is 24.0 Å². The zero-order valence-corrected chi connectivity index (χ0v) is 20.9. The molecule has 166 valence electrons. The topological polar surface area (TPSA) is 64.6 Å². The molecule has 0 spiro atoms. The predicted molar refractivity (Wildman–Crippen MR) is 127 cm³/mol. The van der Waals surface area contributed by atoms with Gasteiger partial charge in [0, 0.05) is 53.3 Å². The van der Waals surface area contributed by atoms with E-state index < -0.39 is 0 Å². The Bertz CT molecular complexity index is 664. The SMILES string of the molecule is CCNC(=NCC1(OC)CCOCC1)N(C)Cc1cc(OC)c(OC)cc1C.I. The number of rotatable bonds is 8. The van der Waals surface area contributed by atoms with Gasteiger partial charge in [-0.05, 0) is 37.1 Å². The molecule has 8 heteroatoms. The third-order valence-electron chi connectivity index (χ3n) is 5.30. The second kappa shape index (κ2) is 12.4. The maximum Gasteiger partial charge on any atom is 0.194 e. The summed E-state index contributed by atoms with van der Waals surface area (Å²) in [6.45, 7) is 7.73. The van der Waals surface area contributed by atoms with Crippen LogP contribution < -0.4 is 14.8 Å². The molecule has 0 aromatic heterocycles. The zero-order valence-electron chi connectivity index (χ0n) is 18.5. The highest BCUT2D eigenvalue weighted by atomic mass is 127. The van der Waals surface area contributed by atoms with Crippen LogP contribution in [0.25, 0.3) is 0 Å². The van der Waals surface area contributed by atoms with E-state index in [1.165, 1.54) is 5.56 Å². The van der Waals surface area contributed by atoms with E-state index in [-0.39, 0.29) is 29.6 Å². The smallest absolute Gasteiger partial charge is 0.194 e. The van der Waals surface area contributed by atoms with Crippen LogP contribution in [-0.2, 0) is 16.0 Å². The Morgan fingerprint density at radius 2 is 1.79 bits per heavy atom. The number of ether oxygens (including phenoxy) is 4. The first-order chi connectivity index (χ1) is 13.5. The first kappa shape index (κ1) is 25.8. The molecule has 29 heavy (non-hydrogen) atoms. The molecule has 2 rings (SSSR count). The molecule has 0 saturated carbocycles. The van der Waals surface area contributed by atoms with Crippen molar-refractivity contribution in [3.63, 3.8) is 0 Å². The molecule has 0 unspecified atom stereocenters. The van der Waals surface area contributed by atoms with E-state index in [0.717, 1.165) is 55.6 Å². The van der Waals surface area contributed by atoms with E-state index in [2.05, 4.69) is 24.1 Å². The van der Waals surface area contributed by atoms with Gasteiger partial charge in [-0.2, -0.15) is 0 Å². The van der Waals surface area contributed by atoms with Gasteiger partial charge < -0.3 is 29.2 Å². The maximum atomic E-state index is 5.82. The van der Waals surface area contributed by atoms with E-state index in [1.54, 1.807) is 21.3 Å².